The zero-order valence-corrected chi connectivity index (χ0v) is 15.7. The number of anilines is 2. The highest BCUT2D eigenvalue weighted by Crippen LogP contribution is 2.28. The molecule has 2 N–H and O–H groups in total. The first kappa shape index (κ1) is 18.3. The Kier molecular flexibility index (Phi) is 5.14. The molecule has 144 valence electrons. The van der Waals surface area contributed by atoms with Crippen LogP contribution < -0.4 is 10.6 Å². The lowest BCUT2D eigenvalue weighted by molar-refractivity contribution is -0.114. The first-order valence-corrected chi connectivity index (χ1v) is 9.57. The van der Waals surface area contributed by atoms with Crippen molar-refractivity contribution in [2.24, 2.45) is 0 Å². The van der Waals surface area contributed by atoms with Crippen LogP contribution in [-0.4, -0.2) is 26.9 Å². The van der Waals surface area contributed by atoms with Crippen LogP contribution in [0.4, 0.5) is 16.2 Å². The van der Waals surface area contributed by atoms with E-state index in [0.29, 0.717) is 22.9 Å². The summed E-state index contributed by atoms with van der Waals surface area (Å²) in [6, 6.07) is 10.2. The van der Waals surface area contributed by atoms with Crippen LogP contribution in [0.5, 0.6) is 0 Å². The summed E-state index contributed by atoms with van der Waals surface area (Å²) in [5.74, 6) is 0.366. The van der Waals surface area contributed by atoms with E-state index in [2.05, 4.69) is 20.6 Å². The SMILES string of the molecule is CC(=O)Nc1nc(NC2CCCCC2)c2nc(-c3ccc(F)cc3)ccc2n1. The highest BCUT2D eigenvalue weighted by molar-refractivity contribution is 5.92. The lowest BCUT2D eigenvalue weighted by Gasteiger charge is -2.24. The van der Waals surface area contributed by atoms with Crippen LogP contribution in [0.1, 0.15) is 39.0 Å². The molecule has 1 fully saturated rings. The number of halogens is 1. The average molecular weight is 379 g/mol. The second kappa shape index (κ2) is 7.88. The number of amides is 1. The largest absolute Gasteiger partial charge is 0.365 e. The van der Waals surface area contributed by atoms with Crippen LogP contribution in [0.3, 0.4) is 0 Å². The third-order valence-corrected chi connectivity index (χ3v) is 4.92. The summed E-state index contributed by atoms with van der Waals surface area (Å²) >= 11 is 0. The minimum atomic E-state index is -0.285. The number of nitrogens with zero attached hydrogens (tertiary/aromatic N) is 3. The Morgan fingerprint density at radius 3 is 2.46 bits per heavy atom. The second-order valence-corrected chi connectivity index (χ2v) is 7.13. The van der Waals surface area contributed by atoms with E-state index in [4.69, 9.17) is 4.98 Å². The van der Waals surface area contributed by atoms with E-state index in [-0.39, 0.29) is 17.7 Å². The number of hydrogen-bond donors (Lipinski definition) is 2. The van der Waals surface area contributed by atoms with Gasteiger partial charge < -0.3 is 5.32 Å². The highest BCUT2D eigenvalue weighted by Gasteiger charge is 2.18. The fourth-order valence-electron chi connectivity index (χ4n) is 3.55. The molecule has 0 spiro atoms. The molecule has 0 bridgehead atoms. The molecule has 1 amide bonds. The summed E-state index contributed by atoms with van der Waals surface area (Å²) in [4.78, 5) is 25.1. The van der Waals surface area contributed by atoms with Gasteiger partial charge in [-0.3, -0.25) is 10.1 Å². The van der Waals surface area contributed by atoms with Gasteiger partial charge in [-0.25, -0.2) is 14.4 Å². The molecule has 2 aromatic heterocycles. The highest BCUT2D eigenvalue weighted by atomic mass is 19.1. The van der Waals surface area contributed by atoms with Crippen molar-refractivity contribution in [1.29, 1.82) is 0 Å². The van der Waals surface area contributed by atoms with Gasteiger partial charge in [-0.2, -0.15) is 4.98 Å². The van der Waals surface area contributed by atoms with Crippen molar-refractivity contribution in [3.8, 4) is 11.3 Å². The molecule has 0 aliphatic heterocycles. The first-order chi connectivity index (χ1) is 13.6. The van der Waals surface area contributed by atoms with E-state index >= 15 is 0 Å². The summed E-state index contributed by atoms with van der Waals surface area (Å²) in [7, 11) is 0. The smallest absolute Gasteiger partial charge is 0.232 e. The molecule has 6 nitrogen and oxygen atoms in total. The molecule has 1 aromatic carbocycles. The normalized spacial score (nSPS) is 14.8. The molecule has 1 saturated carbocycles. The maximum atomic E-state index is 13.2. The van der Waals surface area contributed by atoms with Crippen molar-refractivity contribution in [1.82, 2.24) is 15.0 Å². The Morgan fingerprint density at radius 2 is 1.75 bits per heavy atom. The molecule has 0 atom stereocenters. The molecule has 7 heteroatoms. The lowest BCUT2D eigenvalue weighted by atomic mass is 9.95. The maximum absolute atomic E-state index is 13.2. The zero-order chi connectivity index (χ0) is 19.5. The van der Waals surface area contributed by atoms with Gasteiger partial charge in [-0.15, -0.1) is 0 Å². The fraction of sp³-hybridized carbons (Fsp3) is 0.333. The van der Waals surface area contributed by atoms with E-state index in [9.17, 15) is 9.18 Å². The molecule has 1 aliphatic rings. The molecule has 0 radical (unpaired) electrons. The van der Waals surface area contributed by atoms with Crippen molar-refractivity contribution < 1.29 is 9.18 Å². The van der Waals surface area contributed by atoms with Gasteiger partial charge in [0.25, 0.3) is 0 Å². The van der Waals surface area contributed by atoms with Crippen LogP contribution in [0.15, 0.2) is 36.4 Å². The lowest BCUT2D eigenvalue weighted by Crippen LogP contribution is -2.23. The third-order valence-electron chi connectivity index (χ3n) is 4.92. The van der Waals surface area contributed by atoms with Gasteiger partial charge in [0.1, 0.15) is 11.3 Å². The molecule has 3 aromatic rings. The molecule has 4 rings (SSSR count). The fourth-order valence-corrected chi connectivity index (χ4v) is 3.55. The average Bonchev–Trinajstić information content (AvgIpc) is 2.69. The van der Waals surface area contributed by atoms with E-state index < -0.39 is 0 Å². The van der Waals surface area contributed by atoms with Crippen molar-refractivity contribution in [2.75, 3.05) is 10.6 Å². The second-order valence-electron chi connectivity index (χ2n) is 7.13. The van der Waals surface area contributed by atoms with Crippen LogP contribution in [0.2, 0.25) is 0 Å². The Bertz CT molecular complexity index is 1000. The number of nitrogens with one attached hydrogen (secondary N) is 2. The zero-order valence-electron chi connectivity index (χ0n) is 15.7. The number of benzene rings is 1. The van der Waals surface area contributed by atoms with Crippen LogP contribution >= 0.6 is 0 Å². The molecule has 28 heavy (non-hydrogen) atoms. The number of fused-ring (bicyclic) bond motifs is 1. The van der Waals surface area contributed by atoms with E-state index in [1.807, 2.05) is 12.1 Å². The Labute approximate surface area is 162 Å². The Morgan fingerprint density at radius 1 is 1.00 bits per heavy atom. The Balaban J connectivity index is 1.77. The molecular formula is C21H22FN5O. The third kappa shape index (κ3) is 4.08. The molecule has 1 aliphatic carbocycles. The van der Waals surface area contributed by atoms with Gasteiger partial charge in [-0.1, -0.05) is 19.3 Å². The number of hydrogen-bond acceptors (Lipinski definition) is 5. The van der Waals surface area contributed by atoms with Crippen molar-refractivity contribution in [2.45, 2.75) is 45.1 Å². The predicted octanol–water partition coefficient (Wildman–Crippen LogP) is 4.53. The molecular weight excluding hydrogens is 357 g/mol. The predicted molar refractivity (Wildman–Crippen MR) is 108 cm³/mol. The van der Waals surface area contributed by atoms with Gasteiger partial charge in [0.15, 0.2) is 5.82 Å². The number of carbonyl (C=O) groups is 1. The standard InChI is InChI=1S/C21H22FN5O/c1-13(28)23-21-26-18-12-11-17(14-7-9-15(22)10-8-14)25-19(18)20(27-21)24-16-5-3-2-4-6-16/h7-12,16H,2-6H2,1H3,(H2,23,24,26,27,28). The molecule has 0 unspecified atom stereocenters. The first-order valence-electron chi connectivity index (χ1n) is 9.57. The number of pyridine rings is 1. The van der Waals surface area contributed by atoms with Gasteiger partial charge in [0.05, 0.1) is 11.2 Å². The summed E-state index contributed by atoms with van der Waals surface area (Å²) in [6.07, 6.45) is 5.80. The van der Waals surface area contributed by atoms with Gasteiger partial charge in [0.2, 0.25) is 11.9 Å². The van der Waals surface area contributed by atoms with E-state index in [1.54, 1.807) is 12.1 Å². The van der Waals surface area contributed by atoms with E-state index in [0.717, 1.165) is 24.1 Å². The molecule has 2 heterocycles. The van der Waals surface area contributed by atoms with Crippen LogP contribution in [0, 0.1) is 5.82 Å². The topological polar surface area (TPSA) is 79.8 Å². The van der Waals surface area contributed by atoms with Crippen molar-refractivity contribution in [3.05, 3.63) is 42.2 Å². The van der Waals surface area contributed by atoms with Crippen LogP contribution in [-0.2, 0) is 4.79 Å². The van der Waals surface area contributed by atoms with E-state index in [1.165, 1.54) is 38.3 Å². The van der Waals surface area contributed by atoms with Gasteiger partial charge in [0, 0.05) is 18.5 Å². The summed E-state index contributed by atoms with van der Waals surface area (Å²) < 4.78 is 13.2. The number of carbonyl (C=O) groups excluding carboxylic acids is 1. The Hall–Kier alpha value is -3.09. The minimum Gasteiger partial charge on any atom is -0.365 e. The number of rotatable bonds is 4. The quantitative estimate of drug-likeness (QED) is 0.696. The minimum absolute atomic E-state index is 0.223. The summed E-state index contributed by atoms with van der Waals surface area (Å²) in [5.41, 5.74) is 2.82. The van der Waals surface area contributed by atoms with Gasteiger partial charge in [-0.05, 0) is 49.2 Å². The van der Waals surface area contributed by atoms with Gasteiger partial charge >= 0.3 is 0 Å². The maximum Gasteiger partial charge on any atom is 0.232 e. The number of aromatic nitrogens is 3. The van der Waals surface area contributed by atoms with Crippen molar-refractivity contribution in [3.63, 3.8) is 0 Å². The molecule has 0 saturated heterocycles. The summed E-state index contributed by atoms with van der Waals surface area (Å²) in [6.45, 7) is 1.43. The monoisotopic (exact) mass is 379 g/mol. The van der Waals surface area contributed by atoms with Crippen molar-refractivity contribution >= 4 is 28.7 Å². The summed E-state index contributed by atoms with van der Waals surface area (Å²) in [5, 5.41) is 6.16. The van der Waals surface area contributed by atoms with Crippen LogP contribution in [0.25, 0.3) is 22.3 Å².